The van der Waals surface area contributed by atoms with E-state index in [4.69, 9.17) is 9.57 Å². The molecular formula is C24H26N2O2. The van der Waals surface area contributed by atoms with Gasteiger partial charge in [-0.15, -0.1) is 0 Å². The second kappa shape index (κ2) is 8.61. The fourth-order valence-electron chi connectivity index (χ4n) is 3.23. The number of methoxy groups -OCH3 is 1. The average molecular weight is 374 g/mol. The summed E-state index contributed by atoms with van der Waals surface area (Å²) in [4.78, 5) is 5.31. The van der Waals surface area contributed by atoms with Crippen molar-refractivity contribution in [3.8, 4) is 22.7 Å². The Morgan fingerprint density at radius 3 is 2.54 bits per heavy atom. The zero-order valence-corrected chi connectivity index (χ0v) is 16.9. The van der Waals surface area contributed by atoms with Crippen molar-refractivity contribution >= 4 is 5.71 Å². The van der Waals surface area contributed by atoms with Gasteiger partial charge in [0, 0.05) is 22.5 Å². The number of rotatable bonds is 7. The van der Waals surface area contributed by atoms with Crippen LogP contribution in [0, 0.1) is 13.8 Å². The van der Waals surface area contributed by atoms with E-state index in [0.29, 0.717) is 6.61 Å². The number of benzene rings is 2. The van der Waals surface area contributed by atoms with Gasteiger partial charge in [-0.1, -0.05) is 47.6 Å². The van der Waals surface area contributed by atoms with Crippen molar-refractivity contribution in [2.24, 2.45) is 5.16 Å². The van der Waals surface area contributed by atoms with E-state index in [1.807, 2.05) is 25.1 Å². The Morgan fingerprint density at radius 2 is 1.86 bits per heavy atom. The van der Waals surface area contributed by atoms with Gasteiger partial charge in [-0.05, 0) is 51.1 Å². The number of aromatic nitrogens is 1. The molecule has 1 aromatic heterocycles. The van der Waals surface area contributed by atoms with Gasteiger partial charge in [0.05, 0.1) is 18.5 Å². The predicted molar refractivity (Wildman–Crippen MR) is 116 cm³/mol. The molecule has 0 aliphatic rings. The van der Waals surface area contributed by atoms with Crippen molar-refractivity contribution in [2.45, 2.75) is 20.8 Å². The molecule has 2 aromatic carbocycles. The van der Waals surface area contributed by atoms with Crippen LogP contribution in [-0.4, -0.2) is 24.0 Å². The second-order valence-corrected chi connectivity index (χ2v) is 6.69. The summed E-state index contributed by atoms with van der Waals surface area (Å²) in [5.41, 5.74) is 7.46. The summed E-state index contributed by atoms with van der Waals surface area (Å²) in [6.45, 7) is 10.2. The van der Waals surface area contributed by atoms with Crippen LogP contribution in [0.4, 0.5) is 0 Å². The molecule has 0 aliphatic heterocycles. The molecule has 0 saturated carbocycles. The van der Waals surface area contributed by atoms with Crippen molar-refractivity contribution in [2.75, 3.05) is 13.7 Å². The minimum Gasteiger partial charge on any atom is -0.497 e. The third kappa shape index (κ3) is 4.01. The number of hydrogen-bond donors (Lipinski definition) is 0. The highest BCUT2D eigenvalue weighted by atomic mass is 16.6. The van der Waals surface area contributed by atoms with E-state index in [1.165, 1.54) is 5.56 Å². The highest BCUT2D eigenvalue weighted by Crippen LogP contribution is 2.32. The number of ether oxygens (including phenoxy) is 1. The molecule has 28 heavy (non-hydrogen) atoms. The van der Waals surface area contributed by atoms with Crippen molar-refractivity contribution in [1.29, 1.82) is 0 Å². The number of aryl methyl sites for hydroxylation is 1. The Balaban J connectivity index is 2.18. The molecule has 0 bridgehead atoms. The predicted octanol–water partition coefficient (Wildman–Crippen LogP) is 5.70. The molecule has 0 saturated heterocycles. The summed E-state index contributed by atoms with van der Waals surface area (Å²) in [7, 11) is 1.68. The van der Waals surface area contributed by atoms with Gasteiger partial charge in [-0.2, -0.15) is 0 Å². The molecule has 0 atom stereocenters. The topological polar surface area (TPSA) is 35.8 Å². The number of nitrogens with zero attached hydrogens (tertiary/aromatic N) is 2. The summed E-state index contributed by atoms with van der Waals surface area (Å²) >= 11 is 0. The van der Waals surface area contributed by atoms with Gasteiger partial charge >= 0.3 is 0 Å². The summed E-state index contributed by atoms with van der Waals surface area (Å²) in [5.74, 6) is 0.827. The molecule has 144 valence electrons. The molecule has 4 nitrogen and oxygen atoms in total. The third-order valence-electron chi connectivity index (χ3n) is 4.69. The quantitative estimate of drug-likeness (QED) is 0.230. The van der Waals surface area contributed by atoms with E-state index in [9.17, 15) is 0 Å². The van der Waals surface area contributed by atoms with Crippen molar-refractivity contribution in [3.63, 3.8) is 0 Å². The Bertz CT molecular complexity index is 998. The third-order valence-corrected chi connectivity index (χ3v) is 4.69. The summed E-state index contributed by atoms with van der Waals surface area (Å²) in [5, 5.41) is 4.24. The molecule has 0 fully saturated rings. The average Bonchev–Trinajstić information content (AvgIpc) is 3.06. The minimum absolute atomic E-state index is 0.387. The smallest absolute Gasteiger partial charge is 0.135 e. The molecule has 0 N–H and O–H groups in total. The molecule has 0 radical (unpaired) electrons. The van der Waals surface area contributed by atoms with Crippen LogP contribution in [0.5, 0.6) is 5.75 Å². The van der Waals surface area contributed by atoms with Crippen molar-refractivity contribution in [1.82, 2.24) is 4.57 Å². The first kappa shape index (κ1) is 19.5. The lowest BCUT2D eigenvalue weighted by molar-refractivity contribution is 0.175. The molecule has 0 aliphatic carbocycles. The normalized spacial score (nSPS) is 11.4. The van der Waals surface area contributed by atoms with Crippen LogP contribution in [0.1, 0.15) is 23.7 Å². The fourth-order valence-corrected chi connectivity index (χ4v) is 3.23. The molecule has 4 heteroatoms. The molecule has 0 spiro atoms. The van der Waals surface area contributed by atoms with Gasteiger partial charge < -0.3 is 14.1 Å². The van der Waals surface area contributed by atoms with Crippen molar-refractivity contribution < 1.29 is 9.57 Å². The molecule has 0 amide bonds. The molecule has 1 heterocycles. The van der Waals surface area contributed by atoms with Crippen LogP contribution in [-0.2, 0) is 4.84 Å². The van der Waals surface area contributed by atoms with E-state index in [2.05, 4.69) is 66.5 Å². The maximum atomic E-state index is 5.43. The van der Waals surface area contributed by atoms with Crippen LogP contribution in [0.3, 0.4) is 0 Å². The Kier molecular flexibility index (Phi) is 5.99. The second-order valence-electron chi connectivity index (χ2n) is 6.69. The Hall–Kier alpha value is -3.27. The van der Waals surface area contributed by atoms with E-state index < -0.39 is 0 Å². The van der Waals surface area contributed by atoms with Crippen LogP contribution in [0.2, 0.25) is 0 Å². The highest BCUT2D eigenvalue weighted by molar-refractivity contribution is 6.01. The Labute approximate surface area is 166 Å². The van der Waals surface area contributed by atoms with E-state index in [-0.39, 0.29) is 0 Å². The van der Waals surface area contributed by atoms with Gasteiger partial charge in [0.15, 0.2) is 0 Å². The lowest BCUT2D eigenvalue weighted by Crippen LogP contribution is -2.02. The first-order valence-electron chi connectivity index (χ1n) is 9.26. The van der Waals surface area contributed by atoms with Crippen LogP contribution < -0.4 is 4.74 Å². The molecule has 0 unspecified atom stereocenters. The summed E-state index contributed by atoms with van der Waals surface area (Å²) < 4.78 is 7.67. The molecule has 3 rings (SSSR count). The van der Waals surface area contributed by atoms with E-state index >= 15 is 0 Å². The SMILES string of the molecule is C=CCO/N=C(/C)c1cc(-c2cccc(OC)c2)n(-c2ccc(C)cc2)c1C. The number of hydrogen-bond acceptors (Lipinski definition) is 3. The van der Waals surface area contributed by atoms with Crippen LogP contribution in [0.15, 0.2) is 72.4 Å². The monoisotopic (exact) mass is 374 g/mol. The molecule has 3 aromatic rings. The maximum absolute atomic E-state index is 5.43. The minimum atomic E-state index is 0.387. The highest BCUT2D eigenvalue weighted by Gasteiger charge is 2.17. The summed E-state index contributed by atoms with van der Waals surface area (Å²) in [6, 6.07) is 18.8. The van der Waals surface area contributed by atoms with Gasteiger partial charge in [-0.25, -0.2) is 0 Å². The number of oxime groups is 1. The fraction of sp³-hybridized carbons (Fsp3) is 0.208. The van der Waals surface area contributed by atoms with E-state index in [0.717, 1.165) is 39.7 Å². The first-order chi connectivity index (χ1) is 13.5. The standard InChI is InChI=1S/C24H26N2O2/c1-6-14-28-25-18(3)23-16-24(20-8-7-9-22(15-20)27-5)26(19(23)4)21-12-10-17(2)11-13-21/h6-13,15-16H,1,14H2,2-5H3/b25-18-. The zero-order valence-electron chi connectivity index (χ0n) is 16.9. The Morgan fingerprint density at radius 1 is 1.11 bits per heavy atom. The van der Waals surface area contributed by atoms with Gasteiger partial charge in [-0.3, -0.25) is 0 Å². The van der Waals surface area contributed by atoms with Gasteiger partial charge in [0.1, 0.15) is 12.4 Å². The largest absolute Gasteiger partial charge is 0.497 e. The lowest BCUT2D eigenvalue weighted by Gasteiger charge is -2.13. The van der Waals surface area contributed by atoms with Crippen LogP contribution in [0.25, 0.3) is 16.9 Å². The van der Waals surface area contributed by atoms with Gasteiger partial charge in [0.2, 0.25) is 0 Å². The van der Waals surface area contributed by atoms with E-state index in [1.54, 1.807) is 13.2 Å². The first-order valence-corrected chi connectivity index (χ1v) is 9.26. The zero-order chi connectivity index (χ0) is 20.1. The lowest BCUT2D eigenvalue weighted by atomic mass is 10.1. The molecular weight excluding hydrogens is 348 g/mol. The van der Waals surface area contributed by atoms with Gasteiger partial charge in [0.25, 0.3) is 0 Å². The maximum Gasteiger partial charge on any atom is 0.135 e. The van der Waals surface area contributed by atoms with Crippen LogP contribution >= 0.6 is 0 Å². The summed E-state index contributed by atoms with van der Waals surface area (Å²) in [6.07, 6.45) is 1.68. The van der Waals surface area contributed by atoms with Crippen molar-refractivity contribution in [3.05, 3.63) is 84.1 Å².